The third-order valence-electron chi connectivity index (χ3n) is 4.73. The first-order valence-corrected chi connectivity index (χ1v) is 9.21. The topological polar surface area (TPSA) is 3.24 Å². The highest BCUT2D eigenvalue weighted by atomic mass is 15.1. The van der Waals surface area contributed by atoms with E-state index in [2.05, 4.69) is 98.5 Å². The van der Waals surface area contributed by atoms with Crippen LogP contribution in [-0.2, 0) is 6.42 Å². The number of hydrogen-bond donors (Lipinski definition) is 0. The number of hydrogen-bond acceptors (Lipinski definition) is 1. The minimum Gasteiger partial charge on any atom is -0.310 e. The van der Waals surface area contributed by atoms with Crippen molar-refractivity contribution < 1.29 is 0 Å². The Kier molecular flexibility index (Phi) is 5.55. The molecule has 25 heavy (non-hydrogen) atoms. The van der Waals surface area contributed by atoms with Crippen LogP contribution in [0.4, 0.5) is 17.1 Å². The van der Waals surface area contributed by atoms with Crippen molar-refractivity contribution in [3.63, 3.8) is 0 Å². The van der Waals surface area contributed by atoms with Crippen molar-refractivity contribution in [2.75, 3.05) is 4.90 Å². The molecule has 3 rings (SSSR count). The molecule has 0 heterocycles. The second kappa shape index (κ2) is 8.02. The Hall–Kier alpha value is -2.54. The lowest BCUT2D eigenvalue weighted by molar-refractivity contribution is 0.795. The maximum absolute atomic E-state index is 2.37. The Bertz CT molecular complexity index is 772. The molecular formula is C24H27N. The van der Waals surface area contributed by atoms with Crippen molar-refractivity contribution in [2.24, 2.45) is 0 Å². The zero-order valence-electron chi connectivity index (χ0n) is 15.5. The first kappa shape index (κ1) is 17.3. The Morgan fingerprint density at radius 1 is 0.680 bits per heavy atom. The predicted octanol–water partition coefficient (Wildman–Crippen LogP) is 7.12. The Morgan fingerprint density at radius 2 is 1.20 bits per heavy atom. The molecule has 3 aromatic rings. The summed E-state index contributed by atoms with van der Waals surface area (Å²) in [6.07, 6.45) is 3.64. The number of para-hydroxylation sites is 2. The molecule has 0 spiro atoms. The van der Waals surface area contributed by atoms with Gasteiger partial charge in [-0.3, -0.25) is 0 Å². The molecule has 0 atom stereocenters. The average molecular weight is 329 g/mol. The summed E-state index contributed by atoms with van der Waals surface area (Å²) >= 11 is 0. The van der Waals surface area contributed by atoms with E-state index in [1.165, 1.54) is 46.6 Å². The van der Waals surface area contributed by atoms with Gasteiger partial charge in [0.15, 0.2) is 0 Å². The fourth-order valence-electron chi connectivity index (χ4n) is 3.23. The maximum atomic E-state index is 2.37. The highest BCUT2D eigenvalue weighted by molar-refractivity contribution is 5.79. The largest absolute Gasteiger partial charge is 0.310 e. The molecule has 3 aromatic carbocycles. The summed E-state index contributed by atoms with van der Waals surface area (Å²) in [6, 6.07) is 26.2. The van der Waals surface area contributed by atoms with E-state index in [9.17, 15) is 0 Å². The van der Waals surface area contributed by atoms with Crippen LogP contribution in [0.3, 0.4) is 0 Å². The van der Waals surface area contributed by atoms with Crippen LogP contribution in [-0.4, -0.2) is 0 Å². The van der Waals surface area contributed by atoms with E-state index in [4.69, 9.17) is 0 Å². The van der Waals surface area contributed by atoms with Gasteiger partial charge >= 0.3 is 0 Å². The van der Waals surface area contributed by atoms with E-state index in [-0.39, 0.29) is 0 Å². The summed E-state index contributed by atoms with van der Waals surface area (Å²) in [5, 5.41) is 0. The first-order chi connectivity index (χ1) is 12.2. The zero-order chi connectivity index (χ0) is 17.6. The number of unbranched alkanes of at least 4 members (excludes halogenated alkanes) is 1. The normalized spacial score (nSPS) is 10.7. The monoisotopic (exact) mass is 329 g/mol. The van der Waals surface area contributed by atoms with Gasteiger partial charge in [-0.2, -0.15) is 0 Å². The highest BCUT2D eigenvalue weighted by Crippen LogP contribution is 2.37. The molecule has 0 unspecified atom stereocenters. The molecule has 0 aliphatic rings. The predicted molar refractivity (Wildman–Crippen MR) is 109 cm³/mol. The van der Waals surface area contributed by atoms with Crippen LogP contribution in [0.15, 0.2) is 72.8 Å². The van der Waals surface area contributed by atoms with E-state index < -0.39 is 0 Å². The van der Waals surface area contributed by atoms with Crippen LogP contribution in [0, 0.1) is 13.8 Å². The van der Waals surface area contributed by atoms with Gasteiger partial charge in [-0.1, -0.05) is 61.9 Å². The molecule has 128 valence electrons. The molecule has 0 saturated carbocycles. The van der Waals surface area contributed by atoms with Gasteiger partial charge in [0.05, 0.1) is 0 Å². The van der Waals surface area contributed by atoms with E-state index in [0.717, 1.165) is 6.42 Å². The minimum atomic E-state index is 1.16. The molecule has 0 aliphatic carbocycles. The molecule has 0 amide bonds. The quantitative estimate of drug-likeness (QED) is 0.465. The lowest BCUT2D eigenvalue weighted by Gasteiger charge is -2.28. The van der Waals surface area contributed by atoms with Gasteiger partial charge in [0.25, 0.3) is 0 Å². The number of nitrogens with zero attached hydrogens (tertiary/aromatic N) is 1. The summed E-state index contributed by atoms with van der Waals surface area (Å²) in [6.45, 7) is 6.60. The van der Waals surface area contributed by atoms with Gasteiger partial charge in [-0.15, -0.1) is 0 Å². The molecule has 1 nitrogen and oxygen atoms in total. The van der Waals surface area contributed by atoms with Crippen molar-refractivity contribution in [1.82, 2.24) is 0 Å². The standard InChI is InChI=1S/C24H27N/c1-4-5-12-21-15-17-22(18-16-21)25(23-13-8-6-10-19(23)2)24-14-9-7-11-20(24)3/h6-11,13-18H,4-5,12H2,1-3H3. The van der Waals surface area contributed by atoms with Crippen LogP contribution >= 0.6 is 0 Å². The maximum Gasteiger partial charge on any atom is 0.0490 e. The summed E-state index contributed by atoms with van der Waals surface area (Å²) < 4.78 is 0. The van der Waals surface area contributed by atoms with Gasteiger partial charge in [0.1, 0.15) is 0 Å². The lowest BCUT2D eigenvalue weighted by atomic mass is 10.1. The Labute approximate surface area is 151 Å². The first-order valence-electron chi connectivity index (χ1n) is 9.21. The van der Waals surface area contributed by atoms with Gasteiger partial charge in [-0.05, 0) is 67.6 Å². The second-order valence-corrected chi connectivity index (χ2v) is 6.68. The van der Waals surface area contributed by atoms with Crippen LogP contribution < -0.4 is 4.90 Å². The van der Waals surface area contributed by atoms with Gasteiger partial charge in [0, 0.05) is 17.1 Å². The molecule has 0 N–H and O–H groups in total. The third kappa shape index (κ3) is 3.93. The number of rotatable bonds is 6. The molecule has 0 fully saturated rings. The number of aryl methyl sites for hydroxylation is 3. The van der Waals surface area contributed by atoms with Gasteiger partial charge in [0.2, 0.25) is 0 Å². The van der Waals surface area contributed by atoms with Crippen LogP contribution in [0.2, 0.25) is 0 Å². The fraction of sp³-hybridized carbons (Fsp3) is 0.250. The second-order valence-electron chi connectivity index (χ2n) is 6.68. The SMILES string of the molecule is CCCCc1ccc(N(c2ccccc2C)c2ccccc2C)cc1. The number of benzene rings is 3. The smallest absolute Gasteiger partial charge is 0.0490 e. The third-order valence-corrected chi connectivity index (χ3v) is 4.73. The molecule has 0 aromatic heterocycles. The van der Waals surface area contributed by atoms with E-state index in [0.29, 0.717) is 0 Å². The van der Waals surface area contributed by atoms with E-state index >= 15 is 0 Å². The summed E-state index contributed by atoms with van der Waals surface area (Å²) in [5.41, 5.74) is 7.65. The van der Waals surface area contributed by atoms with E-state index in [1.54, 1.807) is 0 Å². The molecule has 0 saturated heterocycles. The Balaban J connectivity index is 2.06. The Morgan fingerprint density at radius 3 is 1.68 bits per heavy atom. The van der Waals surface area contributed by atoms with Crippen LogP contribution in [0.1, 0.15) is 36.5 Å². The lowest BCUT2D eigenvalue weighted by Crippen LogP contribution is -2.12. The molecule has 1 heteroatoms. The van der Waals surface area contributed by atoms with Crippen molar-refractivity contribution in [3.8, 4) is 0 Å². The van der Waals surface area contributed by atoms with Crippen LogP contribution in [0.25, 0.3) is 0 Å². The average Bonchev–Trinajstić information content (AvgIpc) is 2.64. The van der Waals surface area contributed by atoms with Crippen molar-refractivity contribution >= 4 is 17.1 Å². The molecule has 0 bridgehead atoms. The summed E-state index contributed by atoms with van der Waals surface area (Å²) in [4.78, 5) is 2.37. The van der Waals surface area contributed by atoms with Crippen molar-refractivity contribution in [1.29, 1.82) is 0 Å². The number of anilines is 3. The summed E-state index contributed by atoms with van der Waals surface area (Å²) in [5.74, 6) is 0. The molecule has 0 aliphatic heterocycles. The highest BCUT2D eigenvalue weighted by Gasteiger charge is 2.15. The van der Waals surface area contributed by atoms with Crippen molar-refractivity contribution in [3.05, 3.63) is 89.5 Å². The summed E-state index contributed by atoms with van der Waals surface area (Å²) in [7, 11) is 0. The van der Waals surface area contributed by atoms with Gasteiger partial charge in [-0.25, -0.2) is 0 Å². The molecule has 0 radical (unpaired) electrons. The van der Waals surface area contributed by atoms with Crippen molar-refractivity contribution in [2.45, 2.75) is 40.0 Å². The van der Waals surface area contributed by atoms with E-state index in [1.807, 2.05) is 0 Å². The van der Waals surface area contributed by atoms with Crippen LogP contribution in [0.5, 0.6) is 0 Å². The fourth-order valence-corrected chi connectivity index (χ4v) is 3.23. The van der Waals surface area contributed by atoms with Gasteiger partial charge < -0.3 is 4.90 Å². The molecular weight excluding hydrogens is 302 g/mol. The zero-order valence-corrected chi connectivity index (χ0v) is 15.5. The minimum absolute atomic E-state index is 1.16.